The van der Waals surface area contributed by atoms with Gasteiger partial charge in [0.1, 0.15) is 11.6 Å². The van der Waals surface area contributed by atoms with E-state index in [4.69, 9.17) is 9.97 Å². The van der Waals surface area contributed by atoms with Crippen LogP contribution in [0.25, 0.3) is 116 Å². The van der Waals surface area contributed by atoms with Gasteiger partial charge in [0.15, 0.2) is 5.82 Å². The fourth-order valence-corrected chi connectivity index (χ4v) is 10.7. The van der Waals surface area contributed by atoms with Crippen molar-refractivity contribution in [2.24, 2.45) is 0 Å². The summed E-state index contributed by atoms with van der Waals surface area (Å²) in [6.45, 7) is 8.26. The van der Waals surface area contributed by atoms with Gasteiger partial charge in [-0.1, -0.05) is 120 Å². The molecule has 0 spiro atoms. The largest absolute Gasteiger partial charge is 0.309 e. The van der Waals surface area contributed by atoms with Gasteiger partial charge >= 0.3 is 0 Å². The van der Waals surface area contributed by atoms with E-state index in [-0.39, 0.29) is 0 Å². The van der Waals surface area contributed by atoms with Gasteiger partial charge in [-0.3, -0.25) is 0 Å². The van der Waals surface area contributed by atoms with Gasteiger partial charge in [0, 0.05) is 60.4 Å². The first kappa shape index (κ1) is 38.8. The lowest BCUT2D eigenvalue weighted by Crippen LogP contribution is -2.04. The van der Waals surface area contributed by atoms with E-state index in [0.717, 1.165) is 55.9 Å². The Kier molecular flexibility index (Phi) is 8.68. The predicted molar refractivity (Wildman–Crippen MR) is 278 cm³/mol. The van der Waals surface area contributed by atoms with Crippen LogP contribution in [0.5, 0.6) is 0 Å². The summed E-state index contributed by atoms with van der Waals surface area (Å²) < 4.78 is 7.30. The molecule has 4 heterocycles. The second-order valence-electron chi connectivity index (χ2n) is 17.9. The van der Waals surface area contributed by atoms with E-state index in [9.17, 15) is 0 Å². The molecule has 13 rings (SSSR count). The third-order valence-corrected chi connectivity index (χ3v) is 13.5. The van der Waals surface area contributed by atoms with Crippen LogP contribution in [-0.4, -0.2) is 28.7 Å². The zero-order chi connectivity index (χ0) is 44.9. The first-order valence-electron chi connectivity index (χ1n) is 22.9. The van der Waals surface area contributed by atoms with Crippen LogP contribution >= 0.6 is 0 Å². The second-order valence-corrected chi connectivity index (χ2v) is 17.9. The number of nitrogens with zero attached hydrogens (tertiary/aromatic N) is 6. The topological polar surface area (TPSA) is 53.5 Å². The average molecular weight is 861 g/mol. The summed E-state index contributed by atoms with van der Waals surface area (Å²) in [5, 5.41) is 7.37. The summed E-state index contributed by atoms with van der Waals surface area (Å²) in [5.41, 5.74) is 17.9. The summed E-state index contributed by atoms with van der Waals surface area (Å²) in [6.07, 6.45) is 0. The first-order valence-corrected chi connectivity index (χ1v) is 22.9. The Bertz CT molecular complexity index is 3800. The van der Waals surface area contributed by atoms with Crippen LogP contribution in [0.15, 0.2) is 194 Å². The van der Waals surface area contributed by atoms with Gasteiger partial charge in [-0.2, -0.15) is 0 Å². The van der Waals surface area contributed by atoms with Crippen molar-refractivity contribution in [1.82, 2.24) is 28.7 Å². The lowest BCUT2D eigenvalue weighted by molar-refractivity contribution is 0.928. The molecule has 0 unspecified atom stereocenters. The monoisotopic (exact) mass is 860 g/mol. The molecule has 67 heavy (non-hydrogen) atoms. The molecular weight excluding hydrogens is 817 g/mol. The molecule has 0 saturated carbocycles. The average Bonchev–Trinajstić information content (AvgIpc) is 3.98. The molecular formula is C61H44N6. The summed E-state index contributed by atoms with van der Waals surface area (Å²) >= 11 is 0. The summed E-state index contributed by atoms with van der Waals surface area (Å²) in [6, 6.07) is 71.3. The minimum absolute atomic E-state index is 0.643. The van der Waals surface area contributed by atoms with Crippen LogP contribution in [0.3, 0.4) is 0 Å². The van der Waals surface area contributed by atoms with Gasteiger partial charge in [-0.15, -0.1) is 0 Å². The molecule has 6 heteroatoms. The van der Waals surface area contributed by atoms with Gasteiger partial charge in [-0.25, -0.2) is 15.0 Å². The second kappa shape index (κ2) is 15.0. The van der Waals surface area contributed by atoms with E-state index in [1.54, 1.807) is 0 Å². The van der Waals surface area contributed by atoms with E-state index in [1.807, 2.05) is 13.8 Å². The number of hydrogen-bond donors (Lipinski definition) is 0. The molecule has 13 aromatic rings. The van der Waals surface area contributed by atoms with Gasteiger partial charge < -0.3 is 13.7 Å². The van der Waals surface area contributed by atoms with Crippen molar-refractivity contribution in [3.8, 4) is 50.7 Å². The number of para-hydroxylation sites is 4. The van der Waals surface area contributed by atoms with Crippen molar-refractivity contribution >= 4 is 65.4 Å². The third-order valence-electron chi connectivity index (χ3n) is 13.5. The van der Waals surface area contributed by atoms with Crippen molar-refractivity contribution in [1.29, 1.82) is 0 Å². The zero-order valence-corrected chi connectivity index (χ0v) is 37.7. The lowest BCUT2D eigenvalue weighted by atomic mass is 9.92. The molecule has 0 aliphatic carbocycles. The normalized spacial score (nSPS) is 11.9. The van der Waals surface area contributed by atoms with Gasteiger partial charge in [0.2, 0.25) is 0 Å². The number of fused-ring (bicyclic) bond motifs is 9. The zero-order valence-electron chi connectivity index (χ0n) is 37.7. The Morgan fingerprint density at radius 2 is 0.687 bits per heavy atom. The predicted octanol–water partition coefficient (Wildman–Crippen LogP) is 15.4. The molecule has 0 saturated heterocycles. The van der Waals surface area contributed by atoms with E-state index in [0.29, 0.717) is 17.5 Å². The van der Waals surface area contributed by atoms with E-state index < -0.39 is 0 Å². The van der Waals surface area contributed by atoms with Crippen LogP contribution in [0.4, 0.5) is 0 Å². The van der Waals surface area contributed by atoms with Gasteiger partial charge in [0.05, 0.1) is 38.8 Å². The van der Waals surface area contributed by atoms with Gasteiger partial charge in [0.25, 0.3) is 0 Å². The number of benzene rings is 9. The maximum atomic E-state index is 5.00. The Morgan fingerprint density at radius 3 is 1.10 bits per heavy atom. The van der Waals surface area contributed by atoms with Crippen LogP contribution in [0, 0.1) is 27.7 Å². The fraction of sp³-hybridized carbons (Fsp3) is 0.0656. The molecule has 0 fully saturated rings. The molecule has 0 N–H and O–H groups in total. The van der Waals surface area contributed by atoms with Crippen molar-refractivity contribution in [2.45, 2.75) is 27.7 Å². The van der Waals surface area contributed by atoms with Crippen molar-refractivity contribution < 1.29 is 0 Å². The molecule has 0 atom stereocenters. The fourth-order valence-electron chi connectivity index (χ4n) is 10.7. The van der Waals surface area contributed by atoms with Crippen LogP contribution in [0.2, 0.25) is 0 Å². The number of aryl methyl sites for hydroxylation is 4. The van der Waals surface area contributed by atoms with Gasteiger partial charge in [-0.05, 0) is 124 Å². The highest BCUT2D eigenvalue weighted by Gasteiger charge is 2.24. The van der Waals surface area contributed by atoms with E-state index >= 15 is 0 Å². The molecule has 4 aromatic heterocycles. The van der Waals surface area contributed by atoms with Crippen LogP contribution < -0.4 is 0 Å². The smallest absolute Gasteiger partial charge is 0.163 e. The molecule has 318 valence electrons. The number of aromatic nitrogens is 6. The molecule has 0 aliphatic rings. The highest BCUT2D eigenvalue weighted by Crippen LogP contribution is 2.45. The highest BCUT2D eigenvalue weighted by molar-refractivity contribution is 6.13. The maximum absolute atomic E-state index is 5.00. The quantitative estimate of drug-likeness (QED) is 0.167. The standard InChI is InChI=1S/C61H44N6/c1-37-27-29-58-52(31-37)53-32-38(2)28-30-59(53)67(58)60-50(41-15-13-17-44(33-41)65-54-23-9-5-19-46(54)47-20-6-10-24-55(47)65)35-43(61-63-39(3)62-40(4)64-61)36-51(60)42-16-14-18-45(34-42)66-56-25-11-7-21-48(56)49-22-8-12-26-57(49)66/h5-36H,1-4H3. The summed E-state index contributed by atoms with van der Waals surface area (Å²) in [4.78, 5) is 14.6. The molecule has 0 radical (unpaired) electrons. The van der Waals surface area contributed by atoms with E-state index in [2.05, 4.69) is 227 Å². The van der Waals surface area contributed by atoms with Crippen LogP contribution in [0.1, 0.15) is 22.8 Å². The Hall–Kier alpha value is -8.61. The van der Waals surface area contributed by atoms with Crippen molar-refractivity contribution in [3.63, 3.8) is 0 Å². The minimum Gasteiger partial charge on any atom is -0.309 e. The lowest BCUT2D eigenvalue weighted by Gasteiger charge is -2.22. The number of rotatable bonds is 6. The SMILES string of the molecule is Cc1ccc2c(c1)c1cc(C)ccc1n2-c1c(-c2cccc(-n3c4ccccc4c4ccccc43)c2)cc(-c2nc(C)nc(C)n2)cc1-c1cccc(-n2c3ccccc3c3ccccc32)c1. The Morgan fingerprint density at radius 1 is 0.299 bits per heavy atom. The van der Waals surface area contributed by atoms with Crippen LogP contribution in [-0.2, 0) is 0 Å². The Balaban J connectivity index is 1.17. The molecule has 0 amide bonds. The minimum atomic E-state index is 0.643. The highest BCUT2D eigenvalue weighted by atomic mass is 15.0. The first-order chi connectivity index (χ1) is 32.9. The third kappa shape index (κ3) is 6.14. The molecule has 0 bridgehead atoms. The maximum Gasteiger partial charge on any atom is 0.163 e. The molecule has 0 aliphatic heterocycles. The van der Waals surface area contributed by atoms with Crippen molar-refractivity contribution in [3.05, 3.63) is 217 Å². The van der Waals surface area contributed by atoms with Crippen molar-refractivity contribution in [2.75, 3.05) is 0 Å². The summed E-state index contributed by atoms with van der Waals surface area (Å²) in [5.74, 6) is 2.01. The number of hydrogen-bond acceptors (Lipinski definition) is 3. The molecule has 6 nitrogen and oxygen atoms in total. The Labute approximate surface area is 387 Å². The summed E-state index contributed by atoms with van der Waals surface area (Å²) in [7, 11) is 0. The molecule has 9 aromatic carbocycles. The van der Waals surface area contributed by atoms with E-state index in [1.165, 1.54) is 65.5 Å².